The highest BCUT2D eigenvalue weighted by atomic mass is 32.2. The first kappa shape index (κ1) is 30.9. The molecule has 2 aliphatic rings. The molecule has 1 saturated carbocycles. The van der Waals surface area contributed by atoms with Gasteiger partial charge in [-0.2, -0.15) is 13.2 Å². The van der Waals surface area contributed by atoms with Crippen molar-refractivity contribution in [2.45, 2.75) is 68.1 Å². The smallest absolute Gasteiger partial charge is 0.416 e. The molecule has 8 nitrogen and oxygen atoms in total. The van der Waals surface area contributed by atoms with Crippen molar-refractivity contribution in [3.05, 3.63) is 75.7 Å². The van der Waals surface area contributed by atoms with Crippen LogP contribution in [0.3, 0.4) is 0 Å². The van der Waals surface area contributed by atoms with Crippen LogP contribution >= 0.6 is 11.8 Å². The second kappa shape index (κ2) is 13.9. The summed E-state index contributed by atoms with van der Waals surface area (Å²) in [5.74, 6) is 0.339. The van der Waals surface area contributed by atoms with Gasteiger partial charge in [0.25, 0.3) is 5.56 Å². The lowest BCUT2D eigenvalue weighted by Gasteiger charge is -2.30. The van der Waals surface area contributed by atoms with Crippen molar-refractivity contribution in [1.29, 1.82) is 0 Å². The van der Waals surface area contributed by atoms with Crippen molar-refractivity contribution in [3.63, 3.8) is 0 Å². The SMILES string of the molecule is Nc1ccc(-n2c(SC3CCC3)nc3c(c2=O)CN(C(=O)CNCCCCCOc2ccc(C(F)(F)F)cc2)CC3)cc1. The lowest BCUT2D eigenvalue weighted by Crippen LogP contribution is -2.44. The van der Waals surface area contributed by atoms with Crippen molar-refractivity contribution < 1.29 is 22.7 Å². The van der Waals surface area contributed by atoms with Gasteiger partial charge in [-0.05, 0) is 87.2 Å². The molecule has 1 aromatic heterocycles. The normalized spacial score (nSPS) is 15.2. The Balaban J connectivity index is 1.09. The standard InChI is InChI=1S/C31H36F3N5O3S/c32-31(33,34)21-7-13-24(14-8-21)42-18-3-1-2-16-36-19-28(40)38-17-15-27-26(20-38)29(41)39(23-11-9-22(35)10-12-23)30(37-27)43-25-5-4-6-25/h7-14,25,36H,1-6,15-20,35H2. The maximum atomic E-state index is 13.8. The van der Waals surface area contributed by atoms with E-state index in [9.17, 15) is 22.8 Å². The number of anilines is 1. The molecule has 1 aliphatic carbocycles. The monoisotopic (exact) mass is 615 g/mol. The number of fused-ring (bicyclic) bond motifs is 1. The molecular weight excluding hydrogens is 579 g/mol. The van der Waals surface area contributed by atoms with Gasteiger partial charge in [0.1, 0.15) is 5.75 Å². The number of thioether (sulfide) groups is 1. The lowest BCUT2D eigenvalue weighted by molar-refractivity contribution is -0.137. The second-order valence-electron chi connectivity index (χ2n) is 10.9. The van der Waals surface area contributed by atoms with E-state index in [0.717, 1.165) is 49.9 Å². The number of nitrogens with zero attached hydrogens (tertiary/aromatic N) is 3. The van der Waals surface area contributed by atoms with Crippen LogP contribution in [0.4, 0.5) is 18.9 Å². The molecule has 0 radical (unpaired) electrons. The molecule has 0 bridgehead atoms. The quantitative estimate of drug-likeness (QED) is 0.164. The Labute approximate surface area is 252 Å². The largest absolute Gasteiger partial charge is 0.494 e. The molecule has 5 rings (SSSR count). The number of nitrogens with one attached hydrogen (secondary N) is 1. The van der Waals surface area contributed by atoms with Crippen molar-refractivity contribution in [3.8, 4) is 11.4 Å². The zero-order valence-electron chi connectivity index (χ0n) is 23.9. The minimum atomic E-state index is -4.36. The van der Waals surface area contributed by atoms with Crippen LogP contribution < -0.4 is 21.3 Å². The van der Waals surface area contributed by atoms with E-state index in [0.29, 0.717) is 59.2 Å². The summed E-state index contributed by atoms with van der Waals surface area (Å²) in [5.41, 5.74) is 7.70. The van der Waals surface area contributed by atoms with Crippen LogP contribution in [0.15, 0.2) is 58.5 Å². The minimum Gasteiger partial charge on any atom is -0.494 e. The number of hydrogen-bond acceptors (Lipinski definition) is 7. The third kappa shape index (κ3) is 7.91. The Bertz CT molecular complexity index is 1460. The molecule has 12 heteroatoms. The molecule has 1 amide bonds. The summed E-state index contributed by atoms with van der Waals surface area (Å²) in [7, 11) is 0. The molecule has 2 aromatic carbocycles. The van der Waals surface area contributed by atoms with Gasteiger partial charge in [0.05, 0.1) is 42.2 Å². The average Bonchev–Trinajstić information content (AvgIpc) is 2.96. The number of hydrogen-bond donors (Lipinski definition) is 2. The molecular formula is C31H36F3N5O3S. The number of amides is 1. The van der Waals surface area contributed by atoms with E-state index >= 15 is 0 Å². The Kier molecular flexibility index (Phi) is 9.97. The van der Waals surface area contributed by atoms with Gasteiger partial charge in [-0.3, -0.25) is 14.2 Å². The van der Waals surface area contributed by atoms with Gasteiger partial charge < -0.3 is 20.7 Å². The van der Waals surface area contributed by atoms with Crippen LogP contribution in [0.25, 0.3) is 5.69 Å². The summed E-state index contributed by atoms with van der Waals surface area (Å²) < 4.78 is 45.2. The van der Waals surface area contributed by atoms with E-state index in [1.165, 1.54) is 18.6 Å². The number of ether oxygens (including phenoxy) is 1. The van der Waals surface area contributed by atoms with Gasteiger partial charge in [-0.1, -0.05) is 18.2 Å². The van der Waals surface area contributed by atoms with Gasteiger partial charge in [0.2, 0.25) is 5.91 Å². The lowest BCUT2D eigenvalue weighted by atomic mass is 10.0. The van der Waals surface area contributed by atoms with Crippen molar-refractivity contribution in [2.24, 2.45) is 0 Å². The number of halogens is 3. The first-order valence-electron chi connectivity index (χ1n) is 14.6. The first-order chi connectivity index (χ1) is 20.7. The van der Waals surface area contributed by atoms with E-state index in [1.807, 2.05) is 12.1 Å². The number of carbonyl (C=O) groups excluding carboxylic acids is 1. The van der Waals surface area contributed by atoms with E-state index in [2.05, 4.69) is 5.32 Å². The van der Waals surface area contributed by atoms with Crippen LogP contribution in [0.2, 0.25) is 0 Å². The predicted molar refractivity (Wildman–Crippen MR) is 161 cm³/mol. The predicted octanol–water partition coefficient (Wildman–Crippen LogP) is 5.20. The Hall–Kier alpha value is -3.51. The van der Waals surface area contributed by atoms with Gasteiger partial charge in [-0.15, -0.1) is 0 Å². The van der Waals surface area contributed by atoms with Crippen molar-refractivity contribution >= 4 is 23.4 Å². The number of aromatic nitrogens is 2. The third-order valence-corrected chi connectivity index (χ3v) is 9.04. The number of nitrogen functional groups attached to an aromatic ring is 1. The van der Waals surface area contributed by atoms with Crippen LogP contribution in [-0.4, -0.2) is 51.8 Å². The van der Waals surface area contributed by atoms with E-state index < -0.39 is 11.7 Å². The molecule has 0 unspecified atom stereocenters. The highest BCUT2D eigenvalue weighted by molar-refractivity contribution is 7.99. The number of carbonyl (C=O) groups is 1. The maximum absolute atomic E-state index is 13.8. The number of alkyl halides is 3. The summed E-state index contributed by atoms with van der Waals surface area (Å²) in [6.07, 6.45) is 2.02. The van der Waals surface area contributed by atoms with Crippen molar-refractivity contribution in [2.75, 3.05) is 32.0 Å². The van der Waals surface area contributed by atoms with Gasteiger partial charge >= 0.3 is 6.18 Å². The highest BCUT2D eigenvalue weighted by Gasteiger charge is 2.30. The fourth-order valence-corrected chi connectivity index (χ4v) is 6.33. The van der Waals surface area contributed by atoms with Gasteiger partial charge in [0.15, 0.2) is 5.16 Å². The fraction of sp³-hybridized carbons (Fsp3) is 0.452. The zero-order valence-corrected chi connectivity index (χ0v) is 24.7. The summed E-state index contributed by atoms with van der Waals surface area (Å²) in [4.78, 5) is 33.4. The van der Waals surface area contributed by atoms with Crippen LogP contribution in [-0.2, 0) is 23.9 Å². The molecule has 230 valence electrons. The number of rotatable bonds is 12. The summed E-state index contributed by atoms with van der Waals surface area (Å²) in [6.45, 7) is 1.96. The van der Waals surface area contributed by atoms with Crippen LogP contribution in [0.5, 0.6) is 5.75 Å². The topological polar surface area (TPSA) is 102 Å². The van der Waals surface area contributed by atoms with Gasteiger partial charge in [-0.25, -0.2) is 4.98 Å². The molecule has 0 spiro atoms. The average molecular weight is 616 g/mol. The minimum absolute atomic E-state index is 0.0670. The number of unbranched alkanes of at least 4 members (excludes halogenated alkanes) is 2. The van der Waals surface area contributed by atoms with E-state index in [-0.39, 0.29) is 24.6 Å². The molecule has 0 saturated heterocycles. The Morgan fingerprint density at radius 1 is 1.07 bits per heavy atom. The van der Waals surface area contributed by atoms with Crippen LogP contribution in [0.1, 0.15) is 55.3 Å². The van der Waals surface area contributed by atoms with Gasteiger partial charge in [0, 0.05) is 23.9 Å². The fourth-order valence-electron chi connectivity index (χ4n) is 5.00. The summed E-state index contributed by atoms with van der Waals surface area (Å²) >= 11 is 1.66. The molecule has 1 aliphatic heterocycles. The Morgan fingerprint density at radius 3 is 2.49 bits per heavy atom. The maximum Gasteiger partial charge on any atom is 0.416 e. The summed E-state index contributed by atoms with van der Waals surface area (Å²) in [5, 5.41) is 4.34. The van der Waals surface area contributed by atoms with E-state index in [1.54, 1.807) is 33.4 Å². The second-order valence-corrected chi connectivity index (χ2v) is 12.2. The molecule has 3 aromatic rings. The molecule has 43 heavy (non-hydrogen) atoms. The first-order valence-corrected chi connectivity index (χ1v) is 15.5. The van der Waals surface area contributed by atoms with Crippen molar-refractivity contribution in [1.82, 2.24) is 19.8 Å². The molecule has 1 fully saturated rings. The zero-order chi connectivity index (χ0) is 30.4. The highest BCUT2D eigenvalue weighted by Crippen LogP contribution is 2.36. The molecule has 2 heterocycles. The molecule has 0 atom stereocenters. The van der Waals surface area contributed by atoms with E-state index in [4.69, 9.17) is 15.5 Å². The Morgan fingerprint density at radius 2 is 1.81 bits per heavy atom. The summed E-state index contributed by atoms with van der Waals surface area (Å²) in [6, 6.07) is 11.9. The molecule has 3 N–H and O–H groups in total. The number of benzene rings is 2. The van der Waals surface area contributed by atoms with Crippen LogP contribution in [0, 0.1) is 0 Å². The third-order valence-electron chi connectivity index (χ3n) is 7.75. The number of nitrogens with two attached hydrogens (primary N) is 1.